The van der Waals surface area contributed by atoms with Crippen LogP contribution in [0.25, 0.3) is 0 Å². The van der Waals surface area contributed by atoms with Gasteiger partial charge in [-0.05, 0) is 24.3 Å². The normalized spacial score (nSPS) is 14.3. The highest BCUT2D eigenvalue weighted by Crippen LogP contribution is 2.10. The van der Waals surface area contributed by atoms with Crippen molar-refractivity contribution in [2.24, 2.45) is 0 Å². The summed E-state index contributed by atoms with van der Waals surface area (Å²) < 4.78 is 5.24. The van der Waals surface area contributed by atoms with E-state index >= 15 is 0 Å². The number of benzene rings is 1. The average Bonchev–Trinajstić information content (AvgIpc) is 2.63. The summed E-state index contributed by atoms with van der Waals surface area (Å²) in [5.41, 5.74) is 1.17. The molecule has 3 rings (SSSR count). The summed E-state index contributed by atoms with van der Waals surface area (Å²) in [7, 11) is 0. The monoisotopic (exact) mass is 311 g/mol. The van der Waals surface area contributed by atoms with Gasteiger partial charge >= 0.3 is 0 Å². The van der Waals surface area contributed by atoms with E-state index in [4.69, 9.17) is 4.74 Å². The van der Waals surface area contributed by atoms with Gasteiger partial charge in [0.25, 0.3) is 11.8 Å². The Kier molecular flexibility index (Phi) is 4.63. The van der Waals surface area contributed by atoms with E-state index in [1.165, 1.54) is 0 Å². The molecule has 2 heterocycles. The summed E-state index contributed by atoms with van der Waals surface area (Å²) >= 11 is 0. The lowest BCUT2D eigenvalue weighted by atomic mass is 10.2. The largest absolute Gasteiger partial charge is 0.378 e. The number of hydrogen-bond donors (Lipinski definition) is 1. The van der Waals surface area contributed by atoms with Crippen LogP contribution in [0.1, 0.15) is 21.0 Å². The number of ether oxygens (including phenoxy) is 1. The van der Waals surface area contributed by atoms with Crippen molar-refractivity contribution >= 4 is 17.5 Å². The number of rotatable bonds is 3. The van der Waals surface area contributed by atoms with E-state index in [-0.39, 0.29) is 23.2 Å². The molecule has 1 N–H and O–H groups in total. The molecule has 23 heavy (non-hydrogen) atoms. The predicted molar refractivity (Wildman–Crippen MR) is 85.4 cm³/mol. The second-order valence-corrected chi connectivity index (χ2v) is 5.13. The first-order valence-corrected chi connectivity index (χ1v) is 7.44. The molecule has 0 atom stereocenters. The van der Waals surface area contributed by atoms with Crippen LogP contribution in [-0.4, -0.2) is 48.0 Å². The van der Waals surface area contributed by atoms with Crippen LogP contribution < -0.4 is 5.32 Å². The maximum absolute atomic E-state index is 12.4. The molecule has 0 aliphatic carbocycles. The molecular weight excluding hydrogens is 294 g/mol. The lowest BCUT2D eigenvalue weighted by molar-refractivity contribution is 0.0299. The molecule has 1 aromatic heterocycles. The summed E-state index contributed by atoms with van der Waals surface area (Å²) in [6.07, 6.45) is 0. The summed E-state index contributed by atoms with van der Waals surface area (Å²) in [5, 5.41) is 2.76. The number of aromatic nitrogens is 1. The molecule has 2 aromatic rings. The fourth-order valence-electron chi connectivity index (χ4n) is 2.33. The van der Waals surface area contributed by atoms with Crippen LogP contribution >= 0.6 is 0 Å². The molecule has 0 unspecified atom stereocenters. The first-order valence-electron chi connectivity index (χ1n) is 7.44. The summed E-state index contributed by atoms with van der Waals surface area (Å²) in [6.45, 7) is 2.14. The van der Waals surface area contributed by atoms with Gasteiger partial charge < -0.3 is 15.0 Å². The number of pyridine rings is 1. The number of morpholine rings is 1. The number of amides is 2. The van der Waals surface area contributed by atoms with Crippen molar-refractivity contribution in [3.05, 3.63) is 59.9 Å². The Morgan fingerprint density at radius 2 is 1.65 bits per heavy atom. The van der Waals surface area contributed by atoms with Gasteiger partial charge in [-0.15, -0.1) is 0 Å². The molecule has 1 aliphatic rings. The van der Waals surface area contributed by atoms with Crippen molar-refractivity contribution in [3.8, 4) is 0 Å². The lowest BCUT2D eigenvalue weighted by Gasteiger charge is -2.26. The van der Waals surface area contributed by atoms with Crippen molar-refractivity contribution in [1.29, 1.82) is 0 Å². The van der Waals surface area contributed by atoms with Gasteiger partial charge in [0.2, 0.25) is 0 Å². The Hall–Kier alpha value is -2.73. The topological polar surface area (TPSA) is 71.5 Å². The Balaban J connectivity index is 1.74. The zero-order chi connectivity index (χ0) is 16.1. The number of nitrogens with one attached hydrogen (secondary N) is 1. The first kappa shape index (κ1) is 15.2. The van der Waals surface area contributed by atoms with Gasteiger partial charge in [-0.3, -0.25) is 9.59 Å². The van der Waals surface area contributed by atoms with Gasteiger partial charge in [-0.2, -0.15) is 0 Å². The van der Waals surface area contributed by atoms with Crippen LogP contribution in [0.5, 0.6) is 0 Å². The van der Waals surface area contributed by atoms with E-state index in [1.54, 1.807) is 35.2 Å². The van der Waals surface area contributed by atoms with E-state index in [9.17, 15) is 9.59 Å². The standard InChI is InChI=1S/C17H17N3O3/c21-16(18-13-5-2-1-3-6-13)14-7-4-8-15(19-14)17(22)20-9-11-23-12-10-20/h1-8H,9-12H2,(H,18,21). The highest BCUT2D eigenvalue weighted by molar-refractivity contribution is 6.03. The number of anilines is 1. The van der Waals surface area contributed by atoms with Crippen molar-refractivity contribution in [1.82, 2.24) is 9.88 Å². The van der Waals surface area contributed by atoms with E-state index in [2.05, 4.69) is 10.3 Å². The van der Waals surface area contributed by atoms with Crippen LogP contribution in [0.2, 0.25) is 0 Å². The second-order valence-electron chi connectivity index (χ2n) is 5.13. The number of nitrogens with zero attached hydrogens (tertiary/aromatic N) is 2. The van der Waals surface area contributed by atoms with Gasteiger partial charge in [0, 0.05) is 18.8 Å². The lowest BCUT2D eigenvalue weighted by Crippen LogP contribution is -2.41. The molecule has 0 radical (unpaired) electrons. The molecule has 6 heteroatoms. The molecule has 1 fully saturated rings. The Morgan fingerprint density at radius 1 is 0.957 bits per heavy atom. The summed E-state index contributed by atoms with van der Waals surface area (Å²) in [6, 6.07) is 14.0. The third kappa shape index (κ3) is 3.73. The second kappa shape index (κ2) is 7.02. The number of hydrogen-bond acceptors (Lipinski definition) is 4. The van der Waals surface area contributed by atoms with E-state index < -0.39 is 0 Å². The van der Waals surface area contributed by atoms with Crippen LogP contribution in [0.3, 0.4) is 0 Å². The van der Waals surface area contributed by atoms with Crippen LogP contribution in [0.15, 0.2) is 48.5 Å². The number of para-hydroxylation sites is 1. The molecule has 1 saturated heterocycles. The molecule has 0 spiro atoms. The van der Waals surface area contributed by atoms with E-state index in [1.807, 2.05) is 18.2 Å². The minimum Gasteiger partial charge on any atom is -0.378 e. The Bertz CT molecular complexity index is 697. The fraction of sp³-hybridized carbons (Fsp3) is 0.235. The van der Waals surface area contributed by atoms with Crippen molar-refractivity contribution < 1.29 is 14.3 Å². The van der Waals surface area contributed by atoms with Gasteiger partial charge in [-0.1, -0.05) is 24.3 Å². The zero-order valence-corrected chi connectivity index (χ0v) is 12.6. The van der Waals surface area contributed by atoms with Crippen LogP contribution in [-0.2, 0) is 4.74 Å². The Morgan fingerprint density at radius 3 is 2.39 bits per heavy atom. The highest BCUT2D eigenvalue weighted by Gasteiger charge is 2.20. The molecule has 1 aromatic carbocycles. The van der Waals surface area contributed by atoms with E-state index in [0.717, 1.165) is 0 Å². The van der Waals surface area contributed by atoms with Gasteiger partial charge in [0.1, 0.15) is 11.4 Å². The van der Waals surface area contributed by atoms with Gasteiger partial charge in [0.15, 0.2) is 0 Å². The van der Waals surface area contributed by atoms with Crippen molar-refractivity contribution in [3.63, 3.8) is 0 Å². The molecule has 2 amide bonds. The zero-order valence-electron chi connectivity index (χ0n) is 12.6. The number of carbonyl (C=O) groups is 2. The molecule has 1 aliphatic heterocycles. The Labute approximate surface area is 134 Å². The summed E-state index contributed by atoms with van der Waals surface area (Å²) in [4.78, 5) is 30.5. The average molecular weight is 311 g/mol. The van der Waals surface area contributed by atoms with Crippen LogP contribution in [0, 0.1) is 0 Å². The number of carbonyl (C=O) groups excluding carboxylic acids is 2. The minimum atomic E-state index is -0.340. The summed E-state index contributed by atoms with van der Waals surface area (Å²) in [5.74, 6) is -0.518. The first-order chi connectivity index (χ1) is 11.2. The van der Waals surface area contributed by atoms with Crippen molar-refractivity contribution in [2.75, 3.05) is 31.6 Å². The molecule has 6 nitrogen and oxygen atoms in total. The molecule has 0 bridgehead atoms. The van der Waals surface area contributed by atoms with Gasteiger partial charge in [-0.25, -0.2) is 4.98 Å². The smallest absolute Gasteiger partial charge is 0.274 e. The SMILES string of the molecule is O=C(Nc1ccccc1)c1cccc(C(=O)N2CCOCC2)n1. The van der Waals surface area contributed by atoms with Gasteiger partial charge in [0.05, 0.1) is 13.2 Å². The van der Waals surface area contributed by atoms with Crippen molar-refractivity contribution in [2.45, 2.75) is 0 Å². The third-order valence-corrected chi connectivity index (χ3v) is 3.53. The highest BCUT2D eigenvalue weighted by atomic mass is 16.5. The minimum absolute atomic E-state index is 0.178. The predicted octanol–water partition coefficient (Wildman–Crippen LogP) is 1.81. The molecular formula is C17H17N3O3. The molecule has 118 valence electrons. The molecule has 0 saturated carbocycles. The third-order valence-electron chi connectivity index (χ3n) is 3.53. The maximum Gasteiger partial charge on any atom is 0.274 e. The quantitative estimate of drug-likeness (QED) is 0.938. The van der Waals surface area contributed by atoms with E-state index in [0.29, 0.717) is 32.0 Å². The van der Waals surface area contributed by atoms with Crippen LogP contribution in [0.4, 0.5) is 5.69 Å². The fourth-order valence-corrected chi connectivity index (χ4v) is 2.33. The maximum atomic E-state index is 12.4.